The van der Waals surface area contributed by atoms with E-state index in [-0.39, 0.29) is 0 Å². The van der Waals surface area contributed by atoms with E-state index < -0.39 is 0 Å². The van der Waals surface area contributed by atoms with Gasteiger partial charge < -0.3 is 10.5 Å². The Morgan fingerprint density at radius 3 is 1.42 bits per heavy atom. The molecule has 0 unspecified atom stereocenters. The molecule has 0 saturated heterocycles. The van der Waals surface area contributed by atoms with Crippen LogP contribution in [0.2, 0.25) is 0 Å². The highest BCUT2D eigenvalue weighted by Gasteiger charge is 1.91. The number of benzene rings is 1. The first-order valence-electron chi connectivity index (χ1n) is 3.81. The quantitative estimate of drug-likeness (QED) is 0.600. The van der Waals surface area contributed by atoms with Crippen molar-refractivity contribution in [1.29, 1.82) is 0 Å². The zero-order valence-corrected chi connectivity index (χ0v) is 6.88. The Kier molecular flexibility index (Phi) is 3.91. The van der Waals surface area contributed by atoms with Gasteiger partial charge in [-0.25, -0.2) is 0 Å². The van der Waals surface area contributed by atoms with Gasteiger partial charge in [-0.2, -0.15) is 0 Å². The predicted octanol–water partition coefficient (Wildman–Crippen LogP) is 0.0328. The molecule has 1 aromatic carbocycles. The van der Waals surface area contributed by atoms with E-state index in [1.165, 1.54) is 11.1 Å². The number of hydrogen-bond donors (Lipinski definition) is 2. The van der Waals surface area contributed by atoms with Crippen LogP contribution in [0.4, 0.5) is 0 Å². The van der Waals surface area contributed by atoms with Gasteiger partial charge in [-0.3, -0.25) is 0 Å². The van der Waals surface area contributed by atoms with E-state index in [1.54, 1.807) is 0 Å². The summed E-state index contributed by atoms with van der Waals surface area (Å²) in [4.78, 5) is 0. The molecule has 0 aromatic heterocycles. The van der Waals surface area contributed by atoms with Gasteiger partial charge in [0.2, 0.25) is 0 Å². The maximum absolute atomic E-state index is 5.17. The molecule has 4 heteroatoms. The van der Waals surface area contributed by atoms with Gasteiger partial charge in [0.25, 0.3) is 0 Å². The van der Waals surface area contributed by atoms with Crippen LogP contribution in [0.3, 0.4) is 0 Å². The molecule has 0 spiro atoms. The Labute approximate surface area is 75.6 Å². The summed E-state index contributed by atoms with van der Waals surface area (Å²) in [5, 5.41) is 5.19. The summed E-state index contributed by atoms with van der Waals surface area (Å²) in [7, 11) is 10.3. The maximum Gasteiger partial charge on any atom is 0.178 e. The molecule has 0 heterocycles. The fraction of sp³-hybridized carbons (Fsp3) is 0.250. The molecule has 2 nitrogen and oxygen atoms in total. The van der Waals surface area contributed by atoms with Gasteiger partial charge in [0.15, 0.2) is 16.0 Å². The minimum Gasteiger partial charge on any atom is -0.363 e. The van der Waals surface area contributed by atoms with Crippen LogP contribution < -0.4 is 10.5 Å². The highest BCUT2D eigenvalue weighted by molar-refractivity contribution is 6.04. The van der Waals surface area contributed by atoms with Gasteiger partial charge in [0.05, 0.1) is 0 Å². The first-order valence-corrected chi connectivity index (χ1v) is 3.81. The standard InChI is InChI=1S/C8H10B2N2/c9-11-5-7-1-2-8(4-3-7)6-12-10/h1-4,11-12H,5-6H2. The lowest BCUT2D eigenvalue weighted by Crippen LogP contribution is -2.09. The lowest BCUT2D eigenvalue weighted by atomic mass is 10.1. The first kappa shape index (κ1) is 9.36. The van der Waals surface area contributed by atoms with Gasteiger partial charge in [0.1, 0.15) is 0 Å². The second kappa shape index (κ2) is 5.01. The largest absolute Gasteiger partial charge is 0.363 e. The Hall–Kier alpha value is -0.730. The van der Waals surface area contributed by atoms with Crippen LogP contribution in [0.15, 0.2) is 24.3 Å². The summed E-state index contributed by atoms with van der Waals surface area (Å²) in [6.45, 7) is 1.38. The Bertz CT molecular complexity index is 198. The zero-order chi connectivity index (χ0) is 8.81. The van der Waals surface area contributed by atoms with Crippen LogP contribution in [-0.4, -0.2) is 16.0 Å². The van der Waals surface area contributed by atoms with E-state index in [4.69, 9.17) is 16.0 Å². The fourth-order valence-corrected chi connectivity index (χ4v) is 1.01. The van der Waals surface area contributed by atoms with Crippen molar-refractivity contribution in [3.05, 3.63) is 35.4 Å². The maximum atomic E-state index is 5.17. The second-order valence-electron chi connectivity index (χ2n) is 2.58. The lowest BCUT2D eigenvalue weighted by Gasteiger charge is -2.02. The van der Waals surface area contributed by atoms with Crippen molar-refractivity contribution in [3.63, 3.8) is 0 Å². The SMILES string of the molecule is [B]NCc1ccc(CN[B])cc1. The Balaban J connectivity index is 2.58. The number of nitrogens with one attached hydrogen (secondary N) is 2. The van der Waals surface area contributed by atoms with Gasteiger partial charge in [-0.1, -0.05) is 24.3 Å². The highest BCUT2D eigenvalue weighted by Crippen LogP contribution is 2.03. The summed E-state index contributed by atoms with van der Waals surface area (Å²) in [6, 6.07) is 8.08. The molecule has 58 valence electrons. The average molecular weight is 156 g/mol. The van der Waals surface area contributed by atoms with Crippen molar-refractivity contribution in [2.24, 2.45) is 0 Å². The van der Waals surface area contributed by atoms with Gasteiger partial charge in [0, 0.05) is 13.1 Å². The molecule has 2 N–H and O–H groups in total. The minimum atomic E-state index is 0.691. The van der Waals surface area contributed by atoms with Crippen molar-refractivity contribution in [1.82, 2.24) is 10.5 Å². The average Bonchev–Trinajstić information content (AvgIpc) is 2.09. The first-order chi connectivity index (χ1) is 5.86. The molecule has 0 atom stereocenters. The molecule has 0 aliphatic heterocycles. The second-order valence-corrected chi connectivity index (χ2v) is 2.58. The van der Waals surface area contributed by atoms with Crippen molar-refractivity contribution >= 4 is 16.0 Å². The molecule has 0 amide bonds. The lowest BCUT2D eigenvalue weighted by molar-refractivity contribution is 0.939. The third-order valence-corrected chi connectivity index (χ3v) is 1.64. The summed E-state index contributed by atoms with van der Waals surface area (Å²) in [6.07, 6.45) is 0. The third-order valence-electron chi connectivity index (χ3n) is 1.64. The van der Waals surface area contributed by atoms with Crippen molar-refractivity contribution in [2.45, 2.75) is 13.1 Å². The fourth-order valence-electron chi connectivity index (χ4n) is 1.01. The molecule has 0 saturated carbocycles. The van der Waals surface area contributed by atoms with E-state index >= 15 is 0 Å². The molecule has 0 bridgehead atoms. The van der Waals surface area contributed by atoms with Crippen molar-refractivity contribution in [3.8, 4) is 0 Å². The summed E-state index contributed by atoms with van der Waals surface area (Å²) in [5.74, 6) is 0. The molecule has 12 heavy (non-hydrogen) atoms. The van der Waals surface area contributed by atoms with Gasteiger partial charge >= 0.3 is 0 Å². The normalized spacial score (nSPS) is 10.0. The molecule has 0 aliphatic carbocycles. The van der Waals surface area contributed by atoms with E-state index in [2.05, 4.69) is 10.5 Å². The molecular formula is C8H10B2N2. The zero-order valence-electron chi connectivity index (χ0n) is 6.88. The van der Waals surface area contributed by atoms with Crippen LogP contribution in [0, 0.1) is 0 Å². The Morgan fingerprint density at radius 1 is 0.833 bits per heavy atom. The van der Waals surface area contributed by atoms with E-state index in [0.29, 0.717) is 13.1 Å². The summed E-state index contributed by atoms with van der Waals surface area (Å²) in [5.41, 5.74) is 2.33. The summed E-state index contributed by atoms with van der Waals surface area (Å²) >= 11 is 0. The van der Waals surface area contributed by atoms with Crippen LogP contribution >= 0.6 is 0 Å². The molecule has 1 aromatic rings. The van der Waals surface area contributed by atoms with Gasteiger partial charge in [-0.15, -0.1) is 0 Å². The predicted molar refractivity (Wildman–Crippen MR) is 51.6 cm³/mol. The highest BCUT2D eigenvalue weighted by atomic mass is 14.7. The Morgan fingerprint density at radius 2 is 1.17 bits per heavy atom. The van der Waals surface area contributed by atoms with Crippen LogP contribution in [0.5, 0.6) is 0 Å². The van der Waals surface area contributed by atoms with E-state index in [0.717, 1.165) is 0 Å². The van der Waals surface area contributed by atoms with E-state index in [1.807, 2.05) is 24.3 Å². The molecular weight excluding hydrogens is 146 g/mol. The molecule has 0 aliphatic rings. The van der Waals surface area contributed by atoms with E-state index in [9.17, 15) is 0 Å². The molecule has 0 fully saturated rings. The molecule has 1 rings (SSSR count). The minimum absolute atomic E-state index is 0.691. The molecule has 4 radical (unpaired) electrons. The van der Waals surface area contributed by atoms with Crippen LogP contribution in [0.25, 0.3) is 0 Å². The summed E-state index contributed by atoms with van der Waals surface area (Å²) < 4.78 is 0. The van der Waals surface area contributed by atoms with Crippen molar-refractivity contribution < 1.29 is 0 Å². The van der Waals surface area contributed by atoms with Crippen LogP contribution in [-0.2, 0) is 13.1 Å². The monoisotopic (exact) mass is 156 g/mol. The number of rotatable bonds is 4. The van der Waals surface area contributed by atoms with Crippen molar-refractivity contribution in [2.75, 3.05) is 0 Å². The van der Waals surface area contributed by atoms with Crippen LogP contribution in [0.1, 0.15) is 11.1 Å². The van der Waals surface area contributed by atoms with Gasteiger partial charge in [-0.05, 0) is 11.1 Å². The topological polar surface area (TPSA) is 24.1 Å². The smallest absolute Gasteiger partial charge is 0.178 e. The third kappa shape index (κ3) is 2.72. The number of hydrogen-bond acceptors (Lipinski definition) is 2.